The number of fused-ring (bicyclic) bond motifs is 1. The Hall–Kier alpha value is -3.71. The molecule has 16 nitrogen and oxygen atoms in total. The van der Waals surface area contributed by atoms with Crippen LogP contribution in [0.5, 0.6) is 28.7 Å². The third kappa shape index (κ3) is 5.79. The minimum absolute atomic E-state index is 0.0144. The number of aliphatic hydroxyl groups is 6. The van der Waals surface area contributed by atoms with Crippen molar-refractivity contribution in [2.45, 2.75) is 55.3 Å². The summed E-state index contributed by atoms with van der Waals surface area (Å²) in [5.41, 5.74) is -1.11. The first-order valence-electron chi connectivity index (χ1n) is 12.9. The Morgan fingerprint density at radius 2 is 1.58 bits per heavy atom. The van der Waals surface area contributed by atoms with Gasteiger partial charge >= 0.3 is 0 Å². The second-order valence-corrected chi connectivity index (χ2v) is 10.0. The molecule has 2 aliphatic rings. The molecule has 0 saturated carbocycles. The highest BCUT2D eigenvalue weighted by molar-refractivity contribution is 5.88. The lowest BCUT2D eigenvalue weighted by atomic mass is 9.99. The molecule has 0 bridgehead atoms. The predicted octanol–water partition coefficient (Wildman–Crippen LogP) is -1.77. The Kier molecular flexibility index (Phi) is 8.66. The zero-order chi connectivity index (χ0) is 31.2. The van der Waals surface area contributed by atoms with Gasteiger partial charge in [0.25, 0.3) is 0 Å². The second kappa shape index (κ2) is 12.1. The summed E-state index contributed by atoms with van der Waals surface area (Å²) >= 11 is 0. The van der Waals surface area contributed by atoms with Crippen LogP contribution in [-0.4, -0.2) is 122 Å². The monoisotopic (exact) mass is 610 g/mol. The lowest BCUT2D eigenvalue weighted by molar-refractivity contribution is -0.307. The average molecular weight is 611 g/mol. The molecule has 3 aromatic rings. The molecule has 9 atom stereocenters. The van der Waals surface area contributed by atoms with Gasteiger partial charge in [0.2, 0.25) is 17.5 Å². The van der Waals surface area contributed by atoms with Crippen LogP contribution >= 0.6 is 0 Å². The van der Waals surface area contributed by atoms with E-state index < -0.39 is 90.0 Å². The summed E-state index contributed by atoms with van der Waals surface area (Å²) in [4.78, 5) is 13.6. The summed E-state index contributed by atoms with van der Waals surface area (Å²) in [7, 11) is 1.28. The van der Waals surface area contributed by atoms with E-state index in [1.807, 2.05) is 0 Å². The van der Waals surface area contributed by atoms with E-state index in [4.69, 9.17) is 28.1 Å². The standard InChI is InChI=1S/C27H30O16/c1-38-14-4-9(2-3-11(14)29)24-25(20(34)17-12(30)5-10(28)6-15(17)41-24)43-27-23(37)21(35)19(33)16(42-27)8-40-26-22(36)18(32)13(31)7-39-26/h2-6,13,16,18-19,21-23,26-33,35-37H,7-8H2,1H3/t13-,16+,18-,19+,21+,22-,23+,26-,27-/m0/s1. The number of ether oxygens (including phenoxy) is 5. The Morgan fingerprint density at radius 3 is 2.30 bits per heavy atom. The Morgan fingerprint density at radius 1 is 0.860 bits per heavy atom. The number of phenols is 3. The Balaban J connectivity index is 1.49. The summed E-state index contributed by atoms with van der Waals surface area (Å²) in [5, 5.41) is 91.3. The van der Waals surface area contributed by atoms with E-state index in [2.05, 4.69) is 0 Å². The largest absolute Gasteiger partial charge is 0.508 e. The number of rotatable bonds is 7. The molecule has 0 spiro atoms. The van der Waals surface area contributed by atoms with Gasteiger partial charge in [-0.05, 0) is 18.2 Å². The number of aromatic hydroxyl groups is 3. The van der Waals surface area contributed by atoms with E-state index in [0.717, 1.165) is 12.1 Å². The summed E-state index contributed by atoms with van der Waals surface area (Å²) in [6, 6.07) is 5.83. The van der Waals surface area contributed by atoms with Crippen LogP contribution in [0.25, 0.3) is 22.3 Å². The summed E-state index contributed by atoms with van der Waals surface area (Å²) in [6.45, 7) is -0.943. The Labute approximate surface area is 241 Å². The molecule has 0 amide bonds. The van der Waals surface area contributed by atoms with Crippen molar-refractivity contribution in [1.82, 2.24) is 0 Å². The molecule has 2 saturated heterocycles. The molecule has 2 aliphatic heterocycles. The number of hydrogen-bond acceptors (Lipinski definition) is 16. The minimum Gasteiger partial charge on any atom is -0.508 e. The maximum absolute atomic E-state index is 13.6. The van der Waals surface area contributed by atoms with Gasteiger partial charge in [-0.2, -0.15) is 0 Å². The fraction of sp³-hybridized carbons (Fsp3) is 0.444. The highest BCUT2D eigenvalue weighted by Crippen LogP contribution is 2.39. The van der Waals surface area contributed by atoms with Crippen LogP contribution in [0.15, 0.2) is 39.5 Å². The molecule has 9 N–H and O–H groups in total. The van der Waals surface area contributed by atoms with Gasteiger partial charge in [-0.25, -0.2) is 0 Å². The van der Waals surface area contributed by atoms with E-state index in [0.29, 0.717) is 0 Å². The van der Waals surface area contributed by atoms with Crippen molar-refractivity contribution in [3.63, 3.8) is 0 Å². The van der Waals surface area contributed by atoms with E-state index in [1.54, 1.807) is 0 Å². The lowest BCUT2D eigenvalue weighted by Crippen LogP contribution is -2.61. The van der Waals surface area contributed by atoms with Gasteiger partial charge in [0.05, 0.1) is 20.3 Å². The second-order valence-electron chi connectivity index (χ2n) is 10.0. The molecule has 0 unspecified atom stereocenters. The van der Waals surface area contributed by atoms with Crippen LogP contribution in [0, 0.1) is 0 Å². The van der Waals surface area contributed by atoms with E-state index in [1.165, 1.54) is 25.3 Å². The average Bonchev–Trinajstić information content (AvgIpc) is 2.97. The van der Waals surface area contributed by atoms with Crippen molar-refractivity contribution in [3.05, 3.63) is 40.6 Å². The first-order valence-corrected chi connectivity index (χ1v) is 12.9. The fourth-order valence-electron chi connectivity index (χ4n) is 4.77. The highest BCUT2D eigenvalue weighted by atomic mass is 16.7. The first-order chi connectivity index (χ1) is 20.4. The summed E-state index contributed by atoms with van der Waals surface area (Å²) in [6.07, 6.45) is -14.9. The molecular weight excluding hydrogens is 580 g/mol. The van der Waals surface area contributed by atoms with Crippen LogP contribution < -0.4 is 14.9 Å². The highest BCUT2D eigenvalue weighted by Gasteiger charge is 2.47. The number of benzene rings is 2. The molecule has 3 heterocycles. The van der Waals surface area contributed by atoms with E-state index >= 15 is 0 Å². The lowest BCUT2D eigenvalue weighted by Gasteiger charge is -2.41. The van der Waals surface area contributed by atoms with Crippen LogP contribution in [0.1, 0.15) is 0 Å². The van der Waals surface area contributed by atoms with Crippen LogP contribution in [-0.2, 0) is 14.2 Å². The zero-order valence-electron chi connectivity index (χ0n) is 22.4. The van der Waals surface area contributed by atoms with Crippen LogP contribution in [0.3, 0.4) is 0 Å². The minimum atomic E-state index is -1.94. The SMILES string of the molecule is COc1cc(-c2oc3cc(O)cc(O)c3c(=O)c2O[C@@H]2O[C@H](CO[C@@H]3OC[C@H](O)[C@H](O)[C@@H]3O)[C@@H](O)[C@@H](O)[C@H]2O)ccc1O. The van der Waals surface area contributed by atoms with Crippen LogP contribution in [0.4, 0.5) is 0 Å². The van der Waals surface area contributed by atoms with Crippen LogP contribution in [0.2, 0.25) is 0 Å². The molecule has 5 rings (SSSR count). The molecular formula is C27H30O16. The number of phenolic OH excluding ortho intramolecular Hbond substituents is 3. The molecule has 2 aromatic carbocycles. The topological polar surface area (TPSA) is 258 Å². The first kappa shape index (κ1) is 30.7. The zero-order valence-corrected chi connectivity index (χ0v) is 22.4. The Bertz CT molecular complexity index is 1520. The van der Waals surface area contributed by atoms with Gasteiger partial charge in [-0.3, -0.25) is 4.79 Å². The maximum atomic E-state index is 13.6. The molecule has 1 aromatic heterocycles. The summed E-state index contributed by atoms with van der Waals surface area (Å²) < 4.78 is 32.9. The maximum Gasteiger partial charge on any atom is 0.239 e. The smallest absolute Gasteiger partial charge is 0.239 e. The van der Waals surface area contributed by atoms with Gasteiger partial charge in [0, 0.05) is 17.7 Å². The van der Waals surface area contributed by atoms with Crippen molar-refractivity contribution >= 4 is 11.0 Å². The normalized spacial score (nSPS) is 31.2. The van der Waals surface area contributed by atoms with Gasteiger partial charge in [0.15, 0.2) is 23.5 Å². The molecule has 43 heavy (non-hydrogen) atoms. The van der Waals surface area contributed by atoms with E-state index in [-0.39, 0.29) is 35.0 Å². The molecule has 234 valence electrons. The van der Waals surface area contributed by atoms with Gasteiger partial charge in [0.1, 0.15) is 65.2 Å². The number of hydrogen-bond donors (Lipinski definition) is 9. The number of aliphatic hydroxyl groups excluding tert-OH is 6. The van der Waals surface area contributed by atoms with E-state index in [9.17, 15) is 50.8 Å². The third-order valence-corrected chi connectivity index (χ3v) is 7.14. The fourth-order valence-corrected chi connectivity index (χ4v) is 4.77. The number of methoxy groups -OCH3 is 1. The molecule has 0 radical (unpaired) electrons. The quantitative estimate of drug-likeness (QED) is 0.143. The van der Waals surface area contributed by atoms with Crippen molar-refractivity contribution in [2.75, 3.05) is 20.3 Å². The molecule has 2 fully saturated rings. The summed E-state index contributed by atoms with van der Waals surface area (Å²) in [5.74, 6) is -2.27. The van der Waals surface area contributed by atoms with Gasteiger partial charge in [-0.1, -0.05) is 0 Å². The van der Waals surface area contributed by atoms with Crippen molar-refractivity contribution in [3.8, 4) is 40.1 Å². The van der Waals surface area contributed by atoms with Crippen molar-refractivity contribution < 1.29 is 74.1 Å². The third-order valence-electron chi connectivity index (χ3n) is 7.14. The van der Waals surface area contributed by atoms with Gasteiger partial charge in [-0.15, -0.1) is 0 Å². The predicted molar refractivity (Wildman–Crippen MR) is 140 cm³/mol. The molecule has 16 heteroatoms. The van der Waals surface area contributed by atoms with Gasteiger partial charge < -0.3 is 74.1 Å². The van der Waals surface area contributed by atoms with Crippen molar-refractivity contribution in [1.29, 1.82) is 0 Å². The van der Waals surface area contributed by atoms with Crippen molar-refractivity contribution in [2.24, 2.45) is 0 Å². The molecule has 0 aliphatic carbocycles.